The van der Waals surface area contributed by atoms with Gasteiger partial charge in [-0.25, -0.2) is 4.98 Å². The number of carbonyl (C=O) groups excluding carboxylic acids is 3. The van der Waals surface area contributed by atoms with E-state index in [-0.39, 0.29) is 42.2 Å². The molecule has 8 rings (SSSR count). The summed E-state index contributed by atoms with van der Waals surface area (Å²) in [5.41, 5.74) is 8.63. The van der Waals surface area contributed by atoms with Gasteiger partial charge < -0.3 is 24.7 Å². The molecular weight excluding hydrogens is 717 g/mol. The Hall–Kier alpha value is -5.42. The van der Waals surface area contributed by atoms with Crippen LogP contribution in [0.3, 0.4) is 0 Å². The summed E-state index contributed by atoms with van der Waals surface area (Å²) in [5, 5.41) is 3.30. The molecule has 8 atom stereocenters. The first-order chi connectivity index (χ1) is 27.7. The number of ether oxygens (including phenoxy) is 2. The van der Waals surface area contributed by atoms with E-state index < -0.39 is 18.0 Å². The number of amides is 2. The van der Waals surface area contributed by atoms with Gasteiger partial charge in [0.05, 0.1) is 49.5 Å². The van der Waals surface area contributed by atoms with Crippen molar-refractivity contribution in [1.29, 1.82) is 0 Å². The Labute approximate surface area is 334 Å². The maximum atomic E-state index is 13.7. The maximum Gasteiger partial charge on any atom is 0.306 e. The highest BCUT2D eigenvalue weighted by Crippen LogP contribution is 2.54. The molecule has 3 fully saturated rings. The zero-order valence-corrected chi connectivity index (χ0v) is 33.2. The van der Waals surface area contributed by atoms with Gasteiger partial charge in [-0.05, 0) is 97.2 Å². The van der Waals surface area contributed by atoms with Gasteiger partial charge in [-0.15, -0.1) is 0 Å². The third-order valence-corrected chi connectivity index (χ3v) is 13.0. The summed E-state index contributed by atoms with van der Waals surface area (Å²) in [4.78, 5) is 58.8. The normalized spacial score (nSPS) is 24.1. The number of aromatic nitrogens is 3. The number of hydrogen-bond donors (Lipinski definition) is 2. The SMILES string of the molecule is COC(=O)C[C@H](C(=O)N1CCC[C@H]1c1ncc(-c2ccc(-c3ccc(C4=CN=C([C@H]5C6CCC(C6)[C@@H]5C(=O)N[C@H](C)c5cccnc5)C4)cc3)cc2)[nH]1)[C@@H](C)OC. The minimum absolute atomic E-state index is 0.0308. The third-order valence-electron chi connectivity index (χ3n) is 13.0. The highest BCUT2D eigenvalue weighted by molar-refractivity contribution is 6.02. The first-order valence-corrected chi connectivity index (χ1v) is 20.3. The molecule has 2 amide bonds. The summed E-state index contributed by atoms with van der Waals surface area (Å²) in [6.07, 6.45) is 12.8. The van der Waals surface area contributed by atoms with E-state index in [1.54, 1.807) is 13.3 Å². The number of nitrogens with one attached hydrogen (secondary N) is 2. The lowest BCUT2D eigenvalue weighted by atomic mass is 9.74. The molecule has 11 nitrogen and oxygen atoms in total. The van der Waals surface area contributed by atoms with Gasteiger partial charge in [0.25, 0.3) is 0 Å². The highest BCUT2D eigenvalue weighted by Gasteiger charge is 2.53. The van der Waals surface area contributed by atoms with E-state index in [2.05, 4.69) is 63.8 Å². The van der Waals surface area contributed by atoms with Gasteiger partial charge in [0.1, 0.15) is 5.82 Å². The number of pyridine rings is 1. The second kappa shape index (κ2) is 16.6. The van der Waals surface area contributed by atoms with Crippen molar-refractivity contribution in [3.05, 3.63) is 102 Å². The van der Waals surface area contributed by atoms with Gasteiger partial charge in [-0.2, -0.15) is 0 Å². The van der Waals surface area contributed by atoms with Crippen LogP contribution >= 0.6 is 0 Å². The van der Waals surface area contributed by atoms with Gasteiger partial charge in [-0.3, -0.25) is 24.4 Å². The van der Waals surface area contributed by atoms with Gasteiger partial charge in [0, 0.05) is 56.2 Å². The minimum atomic E-state index is -0.632. The fraction of sp³-hybridized carbons (Fsp3) is 0.435. The number of fused-ring (bicyclic) bond motifs is 2. The molecule has 0 radical (unpaired) electrons. The van der Waals surface area contributed by atoms with E-state index in [0.29, 0.717) is 18.4 Å². The molecule has 2 bridgehead atoms. The lowest BCUT2D eigenvalue weighted by molar-refractivity contribution is -0.151. The molecule has 4 aromatic rings. The van der Waals surface area contributed by atoms with Gasteiger partial charge in [0.2, 0.25) is 11.8 Å². The van der Waals surface area contributed by atoms with Gasteiger partial charge in [0.15, 0.2) is 0 Å². The van der Waals surface area contributed by atoms with Crippen molar-refractivity contribution in [2.45, 2.75) is 77.0 Å². The maximum absolute atomic E-state index is 13.7. The first-order valence-electron chi connectivity index (χ1n) is 20.3. The van der Waals surface area contributed by atoms with Crippen molar-refractivity contribution in [1.82, 2.24) is 25.2 Å². The van der Waals surface area contributed by atoms with Crippen LogP contribution in [0.2, 0.25) is 0 Å². The summed E-state index contributed by atoms with van der Waals surface area (Å²) < 4.78 is 10.3. The molecule has 2 aliphatic carbocycles. The van der Waals surface area contributed by atoms with Crippen molar-refractivity contribution < 1.29 is 23.9 Å². The van der Waals surface area contributed by atoms with Crippen LogP contribution in [-0.2, 0) is 23.9 Å². The molecule has 2 unspecified atom stereocenters. The number of likely N-dealkylation sites (tertiary alicyclic amines) is 1. The summed E-state index contributed by atoms with van der Waals surface area (Å²) in [6.45, 7) is 4.44. The number of rotatable bonds is 13. The fourth-order valence-corrected chi connectivity index (χ4v) is 9.78. The zero-order chi connectivity index (χ0) is 39.6. The number of benzene rings is 2. The molecule has 2 saturated carbocycles. The molecule has 0 spiro atoms. The molecule has 296 valence electrons. The van der Waals surface area contributed by atoms with E-state index in [0.717, 1.165) is 77.2 Å². The van der Waals surface area contributed by atoms with Gasteiger partial charge in [-0.1, -0.05) is 54.6 Å². The topological polar surface area (TPSA) is 139 Å². The number of carbonyl (C=O) groups is 3. The molecule has 2 aliphatic heterocycles. The molecule has 2 aromatic heterocycles. The lowest BCUT2D eigenvalue weighted by Gasteiger charge is -2.31. The number of H-pyrrole nitrogens is 1. The average molecular weight is 769 g/mol. The Kier molecular flexibility index (Phi) is 11.2. The van der Waals surface area contributed by atoms with E-state index >= 15 is 0 Å². The van der Waals surface area contributed by atoms with Gasteiger partial charge >= 0.3 is 5.97 Å². The first kappa shape index (κ1) is 38.5. The van der Waals surface area contributed by atoms with Crippen molar-refractivity contribution >= 4 is 29.1 Å². The van der Waals surface area contributed by atoms with Crippen LogP contribution < -0.4 is 5.32 Å². The zero-order valence-electron chi connectivity index (χ0n) is 33.2. The van der Waals surface area contributed by atoms with Crippen LogP contribution in [0.4, 0.5) is 0 Å². The average Bonchev–Trinajstić information content (AvgIpc) is 4.11. The number of allylic oxidation sites excluding steroid dienone is 1. The standard InChI is InChI=1S/C46H52N6O5/c1-27(35-7-5-19-47-24-35)50-45(54)43-34-18-17-33(21-34)42(43)38-22-36(25-48-38)31-11-9-29(10-12-31)30-13-15-32(16-14-30)39-26-49-44(51-39)40-8-6-20-52(40)46(55)37(28(2)56-3)23-41(53)57-4/h5,7,9-16,19,24-28,33-34,37,40,42-43H,6,8,17-18,20-23H2,1-4H3,(H,49,51)(H,50,54)/t27-,28-,33?,34?,37+,40+,42-,43+/m1/s1. The van der Waals surface area contributed by atoms with E-state index in [9.17, 15) is 14.4 Å². The Balaban J connectivity index is 0.893. The van der Waals surface area contributed by atoms with Crippen LogP contribution in [0, 0.1) is 29.6 Å². The smallest absolute Gasteiger partial charge is 0.306 e. The number of esters is 1. The largest absolute Gasteiger partial charge is 0.469 e. The number of nitrogens with zero attached hydrogens (tertiary/aromatic N) is 4. The predicted molar refractivity (Wildman–Crippen MR) is 218 cm³/mol. The van der Waals surface area contributed by atoms with Crippen LogP contribution in [0.5, 0.6) is 0 Å². The van der Waals surface area contributed by atoms with Crippen molar-refractivity contribution in [2.24, 2.45) is 34.6 Å². The lowest BCUT2D eigenvalue weighted by Crippen LogP contribution is -2.42. The Bertz CT molecular complexity index is 2150. The van der Waals surface area contributed by atoms with Crippen LogP contribution in [0.25, 0.3) is 28.0 Å². The van der Waals surface area contributed by atoms with Crippen molar-refractivity contribution in [2.75, 3.05) is 20.8 Å². The molecule has 1 saturated heterocycles. The van der Waals surface area contributed by atoms with Crippen molar-refractivity contribution in [3.8, 4) is 22.4 Å². The summed E-state index contributed by atoms with van der Waals surface area (Å²) >= 11 is 0. The van der Waals surface area contributed by atoms with Crippen LogP contribution in [0.15, 0.2) is 90.4 Å². The van der Waals surface area contributed by atoms with Crippen LogP contribution in [-0.4, -0.2) is 70.2 Å². The van der Waals surface area contributed by atoms with Crippen LogP contribution in [0.1, 0.15) is 87.8 Å². The van der Waals surface area contributed by atoms with Crippen molar-refractivity contribution in [3.63, 3.8) is 0 Å². The molecule has 4 heterocycles. The minimum Gasteiger partial charge on any atom is -0.469 e. The van der Waals surface area contributed by atoms with E-state index in [1.165, 1.54) is 19.1 Å². The number of hydrogen-bond acceptors (Lipinski definition) is 8. The quantitative estimate of drug-likeness (QED) is 0.133. The second-order valence-electron chi connectivity index (χ2n) is 16.2. The molecular formula is C46H52N6O5. The summed E-state index contributed by atoms with van der Waals surface area (Å²) in [6, 6.07) is 20.7. The number of methoxy groups -OCH3 is 2. The Morgan fingerprint density at radius 2 is 1.63 bits per heavy atom. The molecule has 11 heteroatoms. The number of aliphatic imine (C=N–C) groups is 1. The predicted octanol–water partition coefficient (Wildman–Crippen LogP) is 7.74. The van der Waals surface area contributed by atoms with E-state index in [4.69, 9.17) is 19.5 Å². The number of aromatic amines is 1. The molecule has 2 N–H and O–H groups in total. The highest BCUT2D eigenvalue weighted by atomic mass is 16.5. The van der Waals surface area contributed by atoms with E-state index in [1.807, 2.05) is 49.5 Å². The summed E-state index contributed by atoms with van der Waals surface area (Å²) in [5.74, 6) is 0.804. The fourth-order valence-electron chi connectivity index (χ4n) is 9.78. The monoisotopic (exact) mass is 768 g/mol. The third kappa shape index (κ3) is 7.82. The second-order valence-corrected chi connectivity index (χ2v) is 16.2. The molecule has 57 heavy (non-hydrogen) atoms. The summed E-state index contributed by atoms with van der Waals surface area (Å²) in [7, 11) is 2.88. The Morgan fingerprint density at radius 1 is 0.912 bits per heavy atom. The molecule has 4 aliphatic rings. The number of imidazole rings is 1. The molecule has 2 aromatic carbocycles. The Morgan fingerprint density at radius 3 is 2.33 bits per heavy atom.